The highest BCUT2D eigenvalue weighted by molar-refractivity contribution is 6.49. The maximum atomic E-state index is 6.30. The molecule has 0 aliphatic carbocycles. The summed E-state index contributed by atoms with van der Waals surface area (Å²) in [4.78, 5) is 9.08. The number of hydrogen-bond donors (Lipinski definition) is 0. The van der Waals surface area contributed by atoms with Gasteiger partial charge in [-0.25, -0.2) is 0 Å². The van der Waals surface area contributed by atoms with E-state index in [1.54, 1.807) is 0 Å². The van der Waals surface area contributed by atoms with E-state index in [4.69, 9.17) is 23.2 Å². The molecule has 0 N–H and O–H groups in total. The highest BCUT2D eigenvalue weighted by atomic mass is 35.5. The van der Waals surface area contributed by atoms with Crippen molar-refractivity contribution in [2.45, 2.75) is 13.8 Å². The monoisotopic (exact) mass is 276 g/mol. The van der Waals surface area contributed by atoms with E-state index in [2.05, 4.69) is 9.97 Å². The number of nitrogens with zero attached hydrogens (tertiary/aromatic N) is 2. The number of fused-ring (bicyclic) bond motifs is 3. The molecule has 2 heterocycles. The van der Waals surface area contributed by atoms with Gasteiger partial charge in [-0.05, 0) is 38.1 Å². The van der Waals surface area contributed by atoms with Crippen LogP contribution in [0.4, 0.5) is 0 Å². The summed E-state index contributed by atoms with van der Waals surface area (Å²) in [6, 6.07) is 7.73. The zero-order valence-corrected chi connectivity index (χ0v) is 11.5. The van der Waals surface area contributed by atoms with E-state index in [0.29, 0.717) is 10.0 Å². The number of pyridine rings is 2. The number of rotatable bonds is 0. The van der Waals surface area contributed by atoms with Crippen LogP contribution in [0, 0.1) is 13.8 Å². The Morgan fingerprint density at radius 1 is 0.722 bits per heavy atom. The summed E-state index contributed by atoms with van der Waals surface area (Å²) in [5.41, 5.74) is 3.49. The maximum absolute atomic E-state index is 6.30. The van der Waals surface area contributed by atoms with E-state index in [1.807, 2.05) is 38.1 Å². The molecule has 0 fully saturated rings. The van der Waals surface area contributed by atoms with E-state index in [1.165, 1.54) is 0 Å². The molecule has 0 radical (unpaired) electrons. The SMILES string of the molecule is Cc1ccc2c(Cl)c(Cl)c3ccc(C)nc3c2n1. The van der Waals surface area contributed by atoms with Gasteiger partial charge >= 0.3 is 0 Å². The van der Waals surface area contributed by atoms with Gasteiger partial charge in [0.25, 0.3) is 0 Å². The van der Waals surface area contributed by atoms with Crippen LogP contribution in [0.15, 0.2) is 24.3 Å². The summed E-state index contributed by atoms with van der Waals surface area (Å²) >= 11 is 12.6. The third-order valence-electron chi connectivity index (χ3n) is 2.96. The van der Waals surface area contributed by atoms with Gasteiger partial charge in [0.2, 0.25) is 0 Å². The van der Waals surface area contributed by atoms with Crippen molar-refractivity contribution in [3.63, 3.8) is 0 Å². The predicted molar refractivity (Wildman–Crippen MR) is 76.5 cm³/mol. The van der Waals surface area contributed by atoms with Crippen molar-refractivity contribution in [2.75, 3.05) is 0 Å². The number of aromatic nitrogens is 2. The molecule has 0 saturated heterocycles. The fourth-order valence-corrected chi connectivity index (χ4v) is 2.57. The molecular weight excluding hydrogens is 267 g/mol. The molecule has 0 amide bonds. The van der Waals surface area contributed by atoms with Gasteiger partial charge in [0, 0.05) is 22.2 Å². The molecule has 90 valence electrons. The Balaban J connectivity index is 2.64. The van der Waals surface area contributed by atoms with Crippen LogP contribution in [0.3, 0.4) is 0 Å². The minimum absolute atomic E-state index is 0.539. The van der Waals surface area contributed by atoms with E-state index < -0.39 is 0 Å². The summed E-state index contributed by atoms with van der Waals surface area (Å²) in [5.74, 6) is 0. The van der Waals surface area contributed by atoms with Crippen LogP contribution in [0.25, 0.3) is 21.8 Å². The summed E-state index contributed by atoms with van der Waals surface area (Å²) in [6.45, 7) is 3.90. The molecule has 2 aromatic heterocycles. The van der Waals surface area contributed by atoms with Gasteiger partial charge in [-0.1, -0.05) is 23.2 Å². The van der Waals surface area contributed by atoms with Crippen molar-refractivity contribution in [3.8, 4) is 0 Å². The molecule has 0 saturated carbocycles. The minimum Gasteiger partial charge on any atom is -0.251 e. The molecular formula is C14H10Cl2N2. The van der Waals surface area contributed by atoms with Crippen LogP contribution in [0.5, 0.6) is 0 Å². The van der Waals surface area contributed by atoms with Gasteiger partial charge in [0.05, 0.1) is 21.1 Å². The van der Waals surface area contributed by atoms with Crippen LogP contribution in [0.1, 0.15) is 11.4 Å². The summed E-state index contributed by atoms with van der Waals surface area (Å²) < 4.78 is 0. The van der Waals surface area contributed by atoms with Crippen molar-refractivity contribution >= 4 is 45.0 Å². The fraction of sp³-hybridized carbons (Fsp3) is 0.143. The average Bonchev–Trinajstić information content (AvgIpc) is 2.36. The molecule has 0 spiro atoms. The van der Waals surface area contributed by atoms with Gasteiger partial charge in [0.15, 0.2) is 0 Å². The topological polar surface area (TPSA) is 25.8 Å². The molecule has 3 rings (SSSR count). The number of hydrogen-bond acceptors (Lipinski definition) is 2. The highest BCUT2D eigenvalue weighted by Gasteiger charge is 2.13. The Morgan fingerprint density at radius 2 is 1.11 bits per heavy atom. The normalized spacial score (nSPS) is 11.3. The van der Waals surface area contributed by atoms with E-state index >= 15 is 0 Å². The third-order valence-corrected chi connectivity index (χ3v) is 3.84. The van der Waals surface area contributed by atoms with Crippen LogP contribution in [-0.4, -0.2) is 9.97 Å². The molecule has 4 heteroatoms. The van der Waals surface area contributed by atoms with Crippen LogP contribution < -0.4 is 0 Å². The molecule has 0 bridgehead atoms. The van der Waals surface area contributed by atoms with Crippen molar-refractivity contribution in [1.82, 2.24) is 9.97 Å². The Labute approximate surface area is 115 Å². The second-order valence-corrected chi connectivity index (χ2v) is 5.08. The van der Waals surface area contributed by atoms with Crippen LogP contribution in [-0.2, 0) is 0 Å². The molecule has 3 aromatic rings. The van der Waals surface area contributed by atoms with E-state index in [-0.39, 0.29) is 0 Å². The lowest BCUT2D eigenvalue weighted by Gasteiger charge is -2.09. The number of halogens is 2. The fourth-order valence-electron chi connectivity index (χ4n) is 2.07. The quantitative estimate of drug-likeness (QED) is 0.556. The number of benzene rings is 1. The Hall–Kier alpha value is -1.38. The maximum Gasteiger partial charge on any atom is 0.0983 e. The molecule has 0 aliphatic rings. The van der Waals surface area contributed by atoms with E-state index in [0.717, 1.165) is 33.2 Å². The molecule has 18 heavy (non-hydrogen) atoms. The van der Waals surface area contributed by atoms with Gasteiger partial charge < -0.3 is 0 Å². The van der Waals surface area contributed by atoms with Gasteiger partial charge in [0.1, 0.15) is 0 Å². The Morgan fingerprint density at radius 3 is 1.50 bits per heavy atom. The zero-order chi connectivity index (χ0) is 12.9. The first-order valence-corrected chi connectivity index (χ1v) is 6.35. The van der Waals surface area contributed by atoms with Gasteiger partial charge in [-0.2, -0.15) is 0 Å². The van der Waals surface area contributed by atoms with Crippen LogP contribution in [0.2, 0.25) is 10.0 Å². The summed E-state index contributed by atoms with van der Waals surface area (Å²) in [5, 5.41) is 2.77. The van der Waals surface area contributed by atoms with Crippen molar-refractivity contribution in [2.24, 2.45) is 0 Å². The highest BCUT2D eigenvalue weighted by Crippen LogP contribution is 2.37. The van der Waals surface area contributed by atoms with Crippen molar-refractivity contribution in [1.29, 1.82) is 0 Å². The zero-order valence-electron chi connectivity index (χ0n) is 9.96. The van der Waals surface area contributed by atoms with Gasteiger partial charge in [-0.15, -0.1) is 0 Å². The smallest absolute Gasteiger partial charge is 0.0983 e. The standard InChI is InChI=1S/C14H10Cl2N2/c1-7-3-5-9-11(15)12(16)10-6-4-8(2)18-14(10)13(9)17-7/h3-6H,1-2H3. The van der Waals surface area contributed by atoms with E-state index in [9.17, 15) is 0 Å². The third kappa shape index (κ3) is 1.64. The largest absolute Gasteiger partial charge is 0.251 e. The first-order chi connectivity index (χ1) is 8.58. The molecule has 1 aromatic carbocycles. The second kappa shape index (κ2) is 4.08. The second-order valence-electron chi connectivity index (χ2n) is 4.33. The van der Waals surface area contributed by atoms with Crippen molar-refractivity contribution < 1.29 is 0 Å². The summed E-state index contributed by atoms with van der Waals surface area (Å²) in [6.07, 6.45) is 0. The molecule has 0 unspecified atom stereocenters. The lowest BCUT2D eigenvalue weighted by molar-refractivity contribution is 1.23. The first-order valence-electron chi connectivity index (χ1n) is 5.59. The lowest BCUT2D eigenvalue weighted by atomic mass is 10.1. The Kier molecular flexibility index (Phi) is 2.65. The number of aryl methyl sites for hydroxylation is 2. The molecule has 0 aliphatic heterocycles. The Bertz CT molecular complexity index is 715. The lowest BCUT2D eigenvalue weighted by Crippen LogP contribution is -1.91. The van der Waals surface area contributed by atoms with Crippen molar-refractivity contribution in [3.05, 3.63) is 45.7 Å². The minimum atomic E-state index is 0.539. The van der Waals surface area contributed by atoms with Crippen LogP contribution >= 0.6 is 23.2 Å². The molecule has 2 nitrogen and oxygen atoms in total. The summed E-state index contributed by atoms with van der Waals surface area (Å²) in [7, 11) is 0. The first kappa shape index (κ1) is 11.7. The molecule has 0 atom stereocenters. The average molecular weight is 277 g/mol. The predicted octanol–water partition coefficient (Wildman–Crippen LogP) is 4.71. The van der Waals surface area contributed by atoms with Gasteiger partial charge in [-0.3, -0.25) is 9.97 Å².